The maximum Gasteiger partial charge on any atom is 0.416 e. The van der Waals surface area contributed by atoms with Crippen molar-refractivity contribution < 1.29 is 13.2 Å². The second-order valence-electron chi connectivity index (χ2n) is 5.05. The van der Waals surface area contributed by atoms with Crippen LogP contribution in [-0.4, -0.2) is 6.54 Å². The normalized spacial score (nSPS) is 11.5. The van der Waals surface area contributed by atoms with Crippen molar-refractivity contribution in [3.63, 3.8) is 0 Å². The lowest BCUT2D eigenvalue weighted by molar-refractivity contribution is -0.137. The minimum absolute atomic E-state index is 0.462. The molecular weight excluding hydrogens is 275 g/mol. The number of benzene rings is 2. The van der Waals surface area contributed by atoms with Crippen LogP contribution in [0.1, 0.15) is 23.6 Å². The Morgan fingerprint density at radius 1 is 1.00 bits per heavy atom. The second-order valence-corrected chi connectivity index (χ2v) is 5.05. The van der Waals surface area contributed by atoms with E-state index >= 15 is 0 Å². The van der Waals surface area contributed by atoms with E-state index in [2.05, 4.69) is 4.90 Å². The Bertz CT molecular complexity index is 605. The van der Waals surface area contributed by atoms with E-state index in [9.17, 15) is 13.2 Å². The Morgan fingerprint density at radius 2 is 1.71 bits per heavy atom. The van der Waals surface area contributed by atoms with E-state index in [-0.39, 0.29) is 0 Å². The fourth-order valence-electron chi connectivity index (χ4n) is 2.28. The minimum atomic E-state index is -4.30. The van der Waals surface area contributed by atoms with E-state index in [1.807, 2.05) is 38.1 Å². The van der Waals surface area contributed by atoms with Gasteiger partial charge in [0.15, 0.2) is 0 Å². The van der Waals surface area contributed by atoms with Crippen molar-refractivity contribution >= 4 is 5.69 Å². The summed E-state index contributed by atoms with van der Waals surface area (Å²) < 4.78 is 38.2. The molecule has 0 bridgehead atoms. The number of anilines is 1. The van der Waals surface area contributed by atoms with Gasteiger partial charge in [-0.1, -0.05) is 24.3 Å². The largest absolute Gasteiger partial charge is 0.416 e. The molecule has 0 spiro atoms. The van der Waals surface area contributed by atoms with Crippen LogP contribution in [-0.2, 0) is 12.7 Å². The molecule has 0 fully saturated rings. The summed E-state index contributed by atoms with van der Waals surface area (Å²) in [6.07, 6.45) is -4.30. The number of hydrogen-bond donors (Lipinski definition) is 0. The molecule has 0 amide bonds. The Labute approximate surface area is 123 Å². The van der Waals surface area contributed by atoms with Gasteiger partial charge in [-0.05, 0) is 49.2 Å². The molecule has 0 saturated heterocycles. The summed E-state index contributed by atoms with van der Waals surface area (Å²) in [5.74, 6) is 0. The number of hydrogen-bond acceptors (Lipinski definition) is 1. The van der Waals surface area contributed by atoms with Crippen LogP contribution in [0.25, 0.3) is 0 Å². The lowest BCUT2D eigenvalue weighted by Gasteiger charge is -2.24. The van der Waals surface area contributed by atoms with Crippen molar-refractivity contribution in [2.75, 3.05) is 11.4 Å². The average Bonchev–Trinajstić information content (AvgIpc) is 2.44. The molecule has 0 aliphatic heterocycles. The molecule has 0 heterocycles. The molecule has 2 aromatic carbocycles. The lowest BCUT2D eigenvalue weighted by Crippen LogP contribution is -2.22. The molecule has 0 atom stereocenters. The number of halogens is 3. The van der Waals surface area contributed by atoms with Crippen molar-refractivity contribution in [2.24, 2.45) is 0 Å². The van der Waals surface area contributed by atoms with E-state index in [0.29, 0.717) is 12.1 Å². The summed E-state index contributed by atoms with van der Waals surface area (Å²) in [5.41, 5.74) is 2.22. The molecule has 0 aliphatic carbocycles. The first-order valence-electron chi connectivity index (χ1n) is 6.88. The number of alkyl halides is 3. The summed E-state index contributed by atoms with van der Waals surface area (Å²) in [7, 11) is 0. The van der Waals surface area contributed by atoms with Gasteiger partial charge >= 0.3 is 6.18 Å². The molecule has 112 valence electrons. The van der Waals surface area contributed by atoms with Crippen molar-refractivity contribution in [3.8, 4) is 0 Å². The zero-order chi connectivity index (χ0) is 15.5. The van der Waals surface area contributed by atoms with Gasteiger partial charge in [-0.25, -0.2) is 0 Å². The quantitative estimate of drug-likeness (QED) is 0.763. The Kier molecular flexibility index (Phi) is 4.56. The number of aryl methyl sites for hydroxylation is 1. The Hall–Kier alpha value is -1.97. The van der Waals surface area contributed by atoms with Gasteiger partial charge in [0, 0.05) is 18.8 Å². The van der Waals surface area contributed by atoms with E-state index < -0.39 is 11.7 Å². The van der Waals surface area contributed by atoms with Gasteiger partial charge in [0.25, 0.3) is 0 Å². The van der Waals surface area contributed by atoms with Crippen LogP contribution in [0.5, 0.6) is 0 Å². The van der Waals surface area contributed by atoms with Gasteiger partial charge in [-0.2, -0.15) is 13.2 Å². The van der Waals surface area contributed by atoms with E-state index in [4.69, 9.17) is 0 Å². The molecule has 1 nitrogen and oxygen atoms in total. The second kappa shape index (κ2) is 6.20. The summed E-state index contributed by atoms with van der Waals surface area (Å²) in [6.45, 7) is 5.20. The summed E-state index contributed by atoms with van der Waals surface area (Å²) >= 11 is 0. The smallest absolute Gasteiger partial charge is 0.367 e. The monoisotopic (exact) mass is 293 g/mol. The highest BCUT2D eigenvalue weighted by Crippen LogP contribution is 2.30. The molecule has 0 radical (unpaired) electrons. The van der Waals surface area contributed by atoms with Crippen LogP contribution in [0.15, 0.2) is 48.5 Å². The third kappa shape index (κ3) is 4.00. The van der Waals surface area contributed by atoms with E-state index in [1.54, 1.807) is 6.07 Å². The summed E-state index contributed by atoms with van der Waals surface area (Å²) in [4.78, 5) is 2.06. The highest BCUT2D eigenvalue weighted by molar-refractivity contribution is 5.49. The van der Waals surface area contributed by atoms with Gasteiger partial charge in [0.1, 0.15) is 0 Å². The zero-order valence-electron chi connectivity index (χ0n) is 12.1. The molecule has 4 heteroatoms. The van der Waals surface area contributed by atoms with Gasteiger partial charge in [0.05, 0.1) is 5.56 Å². The van der Waals surface area contributed by atoms with E-state index in [1.165, 1.54) is 12.1 Å². The molecule has 2 rings (SSSR count). The fraction of sp³-hybridized carbons (Fsp3) is 0.294. The van der Waals surface area contributed by atoms with Crippen LogP contribution >= 0.6 is 0 Å². The molecule has 0 N–H and O–H groups in total. The Balaban J connectivity index is 2.23. The van der Waals surface area contributed by atoms with Crippen molar-refractivity contribution in [3.05, 3.63) is 65.2 Å². The third-order valence-corrected chi connectivity index (χ3v) is 3.38. The standard InChI is InChI=1S/C17H18F3N/c1-3-21(16-9-4-6-13(2)10-16)12-14-7-5-8-15(11-14)17(18,19)20/h4-11H,3,12H2,1-2H3. The highest BCUT2D eigenvalue weighted by Gasteiger charge is 2.30. The average molecular weight is 293 g/mol. The molecule has 0 saturated carbocycles. The SMILES string of the molecule is CCN(Cc1cccc(C(F)(F)F)c1)c1cccc(C)c1. The molecule has 21 heavy (non-hydrogen) atoms. The fourth-order valence-corrected chi connectivity index (χ4v) is 2.28. The number of nitrogens with zero attached hydrogens (tertiary/aromatic N) is 1. The first-order chi connectivity index (χ1) is 9.90. The van der Waals surface area contributed by atoms with Gasteiger partial charge in [-0.15, -0.1) is 0 Å². The topological polar surface area (TPSA) is 3.24 Å². The maximum atomic E-state index is 12.7. The van der Waals surface area contributed by atoms with Crippen molar-refractivity contribution in [1.29, 1.82) is 0 Å². The first-order valence-corrected chi connectivity index (χ1v) is 6.88. The summed E-state index contributed by atoms with van der Waals surface area (Å²) in [5, 5.41) is 0. The predicted molar refractivity (Wildman–Crippen MR) is 79.3 cm³/mol. The minimum Gasteiger partial charge on any atom is -0.367 e. The van der Waals surface area contributed by atoms with Gasteiger partial charge in [0.2, 0.25) is 0 Å². The molecular formula is C17H18F3N. The van der Waals surface area contributed by atoms with Crippen LogP contribution in [0.2, 0.25) is 0 Å². The molecule has 0 aromatic heterocycles. The lowest BCUT2D eigenvalue weighted by atomic mass is 10.1. The highest BCUT2D eigenvalue weighted by atomic mass is 19.4. The van der Waals surface area contributed by atoms with Crippen LogP contribution < -0.4 is 4.90 Å². The van der Waals surface area contributed by atoms with Crippen LogP contribution in [0.4, 0.5) is 18.9 Å². The molecule has 0 aliphatic rings. The maximum absolute atomic E-state index is 12.7. The molecule has 2 aromatic rings. The number of rotatable bonds is 4. The zero-order valence-corrected chi connectivity index (χ0v) is 12.1. The van der Waals surface area contributed by atoms with Crippen LogP contribution in [0, 0.1) is 6.92 Å². The van der Waals surface area contributed by atoms with Crippen LogP contribution in [0.3, 0.4) is 0 Å². The van der Waals surface area contributed by atoms with E-state index in [0.717, 1.165) is 23.9 Å². The van der Waals surface area contributed by atoms with Crippen molar-refractivity contribution in [1.82, 2.24) is 0 Å². The van der Waals surface area contributed by atoms with Gasteiger partial charge in [-0.3, -0.25) is 0 Å². The first kappa shape index (κ1) is 15.4. The van der Waals surface area contributed by atoms with Gasteiger partial charge < -0.3 is 4.90 Å². The Morgan fingerprint density at radius 3 is 2.33 bits per heavy atom. The van der Waals surface area contributed by atoms with Crippen molar-refractivity contribution in [2.45, 2.75) is 26.6 Å². The third-order valence-electron chi connectivity index (χ3n) is 3.38. The predicted octanol–water partition coefficient (Wildman–Crippen LogP) is 5.04. The summed E-state index contributed by atoms with van der Waals surface area (Å²) in [6, 6.07) is 13.5. The molecule has 0 unspecified atom stereocenters.